The normalized spacial score (nSPS) is 12.3. The minimum atomic E-state index is -0.400. The molecule has 3 rings (SSSR count). The number of primary amides is 1. The molecule has 0 aromatic heterocycles. The Balaban J connectivity index is 0.00000243. The molecule has 0 bridgehead atoms. The summed E-state index contributed by atoms with van der Waals surface area (Å²) in [6.45, 7) is 1.71. The lowest BCUT2D eigenvalue weighted by molar-refractivity contribution is -0.118. The average molecular weight is 374 g/mol. The standard InChI is InChI=1S/C20H23N3O2.ClH/c21-19(24)11-13-23(14-15-6-2-1-3-7-15)20(25)17-8-4-10-18-16(17)9-5-12-22-18;/h1-4,6-8,10,22H,5,9,11-14H2,(H2,21,24);1H. The number of hydrogen-bond acceptors (Lipinski definition) is 3. The molecule has 0 atom stereocenters. The lowest BCUT2D eigenvalue weighted by Crippen LogP contribution is -2.34. The summed E-state index contributed by atoms with van der Waals surface area (Å²) in [6, 6.07) is 15.6. The summed E-state index contributed by atoms with van der Waals surface area (Å²) in [5.74, 6) is -0.451. The van der Waals surface area contributed by atoms with Crippen molar-refractivity contribution in [1.82, 2.24) is 4.90 Å². The van der Waals surface area contributed by atoms with Crippen molar-refractivity contribution in [3.8, 4) is 0 Å². The van der Waals surface area contributed by atoms with Gasteiger partial charge in [0.05, 0.1) is 0 Å². The fourth-order valence-corrected chi connectivity index (χ4v) is 3.18. The Morgan fingerprint density at radius 3 is 2.58 bits per heavy atom. The molecule has 0 spiro atoms. The van der Waals surface area contributed by atoms with E-state index in [0.29, 0.717) is 18.7 Å². The van der Waals surface area contributed by atoms with Gasteiger partial charge in [-0.3, -0.25) is 9.59 Å². The van der Waals surface area contributed by atoms with Crippen molar-refractivity contribution in [3.63, 3.8) is 0 Å². The SMILES string of the molecule is Cl.NC(=O)CCN(Cc1ccccc1)C(=O)c1cccc2c1CCCN2. The molecule has 1 aliphatic rings. The quantitative estimate of drug-likeness (QED) is 0.817. The maximum atomic E-state index is 13.2. The van der Waals surface area contributed by atoms with Crippen molar-refractivity contribution >= 4 is 29.9 Å². The minimum absolute atomic E-state index is 0. The number of nitrogens with one attached hydrogen (secondary N) is 1. The number of anilines is 1. The second-order valence-electron chi connectivity index (χ2n) is 6.29. The number of nitrogens with zero attached hydrogens (tertiary/aromatic N) is 1. The van der Waals surface area contributed by atoms with Crippen LogP contribution in [0.2, 0.25) is 0 Å². The first-order valence-corrected chi connectivity index (χ1v) is 8.62. The van der Waals surface area contributed by atoms with Crippen molar-refractivity contribution in [3.05, 3.63) is 65.2 Å². The molecule has 26 heavy (non-hydrogen) atoms. The van der Waals surface area contributed by atoms with E-state index in [0.717, 1.165) is 36.2 Å². The zero-order valence-corrected chi connectivity index (χ0v) is 15.4. The third-order valence-corrected chi connectivity index (χ3v) is 4.46. The van der Waals surface area contributed by atoms with E-state index in [1.165, 1.54) is 0 Å². The summed E-state index contributed by atoms with van der Waals surface area (Å²) in [5.41, 5.74) is 9.14. The lowest BCUT2D eigenvalue weighted by Gasteiger charge is -2.26. The van der Waals surface area contributed by atoms with Crippen molar-refractivity contribution in [2.75, 3.05) is 18.4 Å². The monoisotopic (exact) mass is 373 g/mol. The van der Waals surface area contributed by atoms with Gasteiger partial charge in [0.15, 0.2) is 0 Å². The first kappa shape index (κ1) is 19.8. The maximum Gasteiger partial charge on any atom is 0.254 e. The Hall–Kier alpha value is -2.53. The molecule has 2 amide bonds. The fourth-order valence-electron chi connectivity index (χ4n) is 3.18. The summed E-state index contributed by atoms with van der Waals surface area (Å²) >= 11 is 0. The molecule has 2 aromatic rings. The van der Waals surface area contributed by atoms with Gasteiger partial charge in [-0.05, 0) is 36.1 Å². The van der Waals surface area contributed by atoms with Gasteiger partial charge in [0.2, 0.25) is 5.91 Å². The lowest BCUT2D eigenvalue weighted by atomic mass is 9.96. The van der Waals surface area contributed by atoms with Gasteiger partial charge < -0.3 is 16.0 Å². The largest absolute Gasteiger partial charge is 0.385 e. The molecular formula is C20H24ClN3O2. The molecule has 0 unspecified atom stereocenters. The molecule has 1 aliphatic heterocycles. The van der Waals surface area contributed by atoms with Crippen LogP contribution < -0.4 is 11.1 Å². The topological polar surface area (TPSA) is 75.4 Å². The first-order valence-electron chi connectivity index (χ1n) is 8.62. The number of carbonyl (C=O) groups excluding carboxylic acids is 2. The van der Waals surface area contributed by atoms with Crippen molar-refractivity contribution in [1.29, 1.82) is 0 Å². The van der Waals surface area contributed by atoms with Crippen LogP contribution in [0.3, 0.4) is 0 Å². The molecule has 2 aromatic carbocycles. The van der Waals surface area contributed by atoms with Gasteiger partial charge in [0.1, 0.15) is 0 Å². The molecule has 0 fully saturated rings. The number of fused-ring (bicyclic) bond motifs is 1. The Morgan fingerprint density at radius 2 is 1.85 bits per heavy atom. The van der Waals surface area contributed by atoms with Gasteiger partial charge >= 0.3 is 0 Å². The van der Waals surface area contributed by atoms with E-state index in [4.69, 9.17) is 5.73 Å². The number of benzene rings is 2. The molecule has 138 valence electrons. The number of amides is 2. The third-order valence-electron chi connectivity index (χ3n) is 4.46. The Labute approximate surface area is 160 Å². The average Bonchev–Trinajstić information content (AvgIpc) is 2.65. The molecule has 6 heteroatoms. The zero-order chi connectivity index (χ0) is 17.6. The molecule has 0 saturated carbocycles. The van der Waals surface area contributed by atoms with Crippen LogP contribution in [0.4, 0.5) is 5.69 Å². The highest BCUT2D eigenvalue weighted by atomic mass is 35.5. The number of nitrogens with two attached hydrogens (primary N) is 1. The highest BCUT2D eigenvalue weighted by molar-refractivity contribution is 5.97. The van der Waals surface area contributed by atoms with Gasteiger partial charge in [0.25, 0.3) is 5.91 Å². The number of hydrogen-bond donors (Lipinski definition) is 2. The Morgan fingerprint density at radius 1 is 1.08 bits per heavy atom. The summed E-state index contributed by atoms with van der Waals surface area (Å²) < 4.78 is 0. The van der Waals surface area contributed by atoms with E-state index in [9.17, 15) is 9.59 Å². The van der Waals surface area contributed by atoms with Gasteiger partial charge in [-0.1, -0.05) is 36.4 Å². The Kier molecular flexibility index (Phi) is 7.04. The van der Waals surface area contributed by atoms with Crippen LogP contribution in [0.5, 0.6) is 0 Å². The molecule has 1 heterocycles. The fraction of sp³-hybridized carbons (Fsp3) is 0.300. The van der Waals surface area contributed by atoms with E-state index < -0.39 is 5.91 Å². The minimum Gasteiger partial charge on any atom is -0.385 e. The van der Waals surface area contributed by atoms with E-state index in [1.54, 1.807) is 4.90 Å². The highest BCUT2D eigenvalue weighted by Gasteiger charge is 2.22. The van der Waals surface area contributed by atoms with E-state index in [1.807, 2.05) is 48.5 Å². The zero-order valence-electron chi connectivity index (χ0n) is 14.6. The van der Waals surface area contributed by atoms with E-state index in [2.05, 4.69) is 5.32 Å². The van der Waals surface area contributed by atoms with Crippen LogP contribution in [-0.4, -0.2) is 29.8 Å². The van der Waals surface area contributed by atoms with Crippen LogP contribution in [0.1, 0.15) is 34.3 Å². The van der Waals surface area contributed by atoms with Gasteiger partial charge in [-0.2, -0.15) is 0 Å². The molecule has 0 saturated heterocycles. The van der Waals surface area contributed by atoms with Crippen LogP contribution >= 0.6 is 12.4 Å². The van der Waals surface area contributed by atoms with E-state index >= 15 is 0 Å². The summed E-state index contributed by atoms with van der Waals surface area (Å²) in [7, 11) is 0. The van der Waals surface area contributed by atoms with Crippen molar-refractivity contribution in [2.24, 2.45) is 5.73 Å². The van der Waals surface area contributed by atoms with Crippen LogP contribution in [0, 0.1) is 0 Å². The predicted octanol–water partition coefficient (Wildman–Crippen LogP) is 2.98. The van der Waals surface area contributed by atoms with Crippen LogP contribution in [-0.2, 0) is 17.8 Å². The molecule has 3 N–H and O–H groups in total. The molecule has 0 aliphatic carbocycles. The van der Waals surface area contributed by atoms with Crippen molar-refractivity contribution < 1.29 is 9.59 Å². The first-order chi connectivity index (χ1) is 12.1. The maximum absolute atomic E-state index is 13.2. The summed E-state index contributed by atoms with van der Waals surface area (Å²) in [4.78, 5) is 26.1. The predicted molar refractivity (Wildman–Crippen MR) is 105 cm³/mol. The second-order valence-corrected chi connectivity index (χ2v) is 6.29. The van der Waals surface area contributed by atoms with Gasteiger partial charge in [-0.15, -0.1) is 12.4 Å². The molecular weight excluding hydrogens is 350 g/mol. The van der Waals surface area contributed by atoms with Crippen LogP contribution in [0.25, 0.3) is 0 Å². The number of halogens is 1. The smallest absolute Gasteiger partial charge is 0.254 e. The number of carbonyl (C=O) groups is 2. The third kappa shape index (κ3) is 4.76. The molecule has 0 radical (unpaired) electrons. The number of rotatable bonds is 6. The summed E-state index contributed by atoms with van der Waals surface area (Å²) in [5, 5.41) is 3.35. The molecule has 5 nitrogen and oxygen atoms in total. The Bertz CT molecular complexity index is 765. The van der Waals surface area contributed by atoms with Crippen LogP contribution in [0.15, 0.2) is 48.5 Å². The second kappa shape index (κ2) is 9.25. The van der Waals surface area contributed by atoms with Crippen molar-refractivity contribution in [2.45, 2.75) is 25.8 Å². The van der Waals surface area contributed by atoms with E-state index in [-0.39, 0.29) is 24.7 Å². The van der Waals surface area contributed by atoms with Gasteiger partial charge in [0, 0.05) is 37.3 Å². The highest BCUT2D eigenvalue weighted by Crippen LogP contribution is 2.26. The van der Waals surface area contributed by atoms with Gasteiger partial charge in [-0.25, -0.2) is 0 Å². The summed E-state index contributed by atoms with van der Waals surface area (Å²) in [6.07, 6.45) is 2.06.